The lowest BCUT2D eigenvalue weighted by atomic mass is 9.53. The van der Waals surface area contributed by atoms with Crippen molar-refractivity contribution >= 4 is 5.97 Å². The van der Waals surface area contributed by atoms with Gasteiger partial charge in [0.05, 0.1) is 40.0 Å². The number of hydrogen-bond donors (Lipinski definition) is 2. The summed E-state index contributed by atoms with van der Waals surface area (Å²) in [6.07, 6.45) is 5.48. The van der Waals surface area contributed by atoms with Crippen LogP contribution in [0.1, 0.15) is 61.1 Å². The summed E-state index contributed by atoms with van der Waals surface area (Å²) >= 11 is 0. The fraction of sp³-hybridized carbons (Fsp3) is 0.594. The third kappa shape index (κ3) is 3.84. The van der Waals surface area contributed by atoms with Crippen molar-refractivity contribution in [1.29, 1.82) is 0 Å². The van der Waals surface area contributed by atoms with Crippen molar-refractivity contribution in [1.82, 2.24) is 0 Å². The summed E-state index contributed by atoms with van der Waals surface area (Å²) in [5.74, 6) is 0.758. The number of esters is 1. The van der Waals surface area contributed by atoms with Gasteiger partial charge >= 0.3 is 5.97 Å². The lowest BCUT2D eigenvalue weighted by Crippen LogP contribution is -2.58. The number of carbonyl (C=O) groups excluding carboxylic acids is 1. The monoisotopic (exact) mass is 566 g/mol. The van der Waals surface area contributed by atoms with Crippen LogP contribution in [0.15, 0.2) is 24.3 Å². The summed E-state index contributed by atoms with van der Waals surface area (Å²) in [5, 5.41) is 25.3. The molecule has 2 N–H and O–H groups in total. The van der Waals surface area contributed by atoms with E-state index in [9.17, 15) is 15.0 Å². The van der Waals surface area contributed by atoms with Gasteiger partial charge in [-0.05, 0) is 58.7 Å². The predicted molar refractivity (Wildman–Crippen MR) is 147 cm³/mol. The molecule has 2 aromatic rings. The first-order valence-corrected chi connectivity index (χ1v) is 14.7. The third-order valence-corrected chi connectivity index (χ3v) is 10.6. The largest absolute Gasteiger partial charge is 0.493 e. The zero-order valence-electron chi connectivity index (χ0n) is 23.8. The van der Waals surface area contributed by atoms with Gasteiger partial charge in [0, 0.05) is 11.8 Å². The van der Waals surface area contributed by atoms with Gasteiger partial charge in [0.2, 0.25) is 12.5 Å². The van der Waals surface area contributed by atoms with E-state index < -0.39 is 35.4 Å². The van der Waals surface area contributed by atoms with Gasteiger partial charge in [0.25, 0.3) is 0 Å². The van der Waals surface area contributed by atoms with Crippen LogP contribution in [0, 0.1) is 29.6 Å². The zero-order chi connectivity index (χ0) is 28.5. The van der Waals surface area contributed by atoms with E-state index in [2.05, 4.69) is 0 Å². The molecule has 9 nitrogen and oxygen atoms in total. The normalized spacial score (nSPS) is 33.8. The molecule has 7 rings (SSSR count). The van der Waals surface area contributed by atoms with Gasteiger partial charge in [-0.15, -0.1) is 0 Å². The summed E-state index contributed by atoms with van der Waals surface area (Å²) in [6.45, 7) is 0.0870. The maximum atomic E-state index is 13.6. The van der Waals surface area contributed by atoms with E-state index in [1.165, 1.54) is 0 Å². The van der Waals surface area contributed by atoms with Crippen LogP contribution < -0.4 is 23.7 Å². The van der Waals surface area contributed by atoms with Crippen LogP contribution in [0.3, 0.4) is 0 Å². The number of carbonyl (C=O) groups is 1. The molecule has 2 saturated carbocycles. The number of cyclic esters (lactones) is 1. The molecule has 2 aromatic carbocycles. The van der Waals surface area contributed by atoms with Crippen molar-refractivity contribution in [2.75, 3.05) is 34.7 Å². The maximum absolute atomic E-state index is 13.6. The highest BCUT2D eigenvalue weighted by molar-refractivity contribution is 5.79. The quantitative estimate of drug-likeness (QED) is 0.498. The molecule has 0 radical (unpaired) electrons. The van der Waals surface area contributed by atoms with Gasteiger partial charge in [-0.3, -0.25) is 4.79 Å². The predicted octanol–water partition coefficient (Wildman–Crippen LogP) is 4.14. The van der Waals surface area contributed by atoms with Crippen molar-refractivity contribution in [2.24, 2.45) is 29.6 Å². The number of hydrogen-bond acceptors (Lipinski definition) is 9. The number of rotatable bonds is 6. The average Bonchev–Trinajstić information content (AvgIpc) is 3.61. The number of aliphatic hydroxyl groups is 2. The molecule has 5 aliphatic rings. The van der Waals surface area contributed by atoms with Crippen LogP contribution in [0.4, 0.5) is 0 Å². The molecule has 1 unspecified atom stereocenters. The molecule has 2 aliphatic heterocycles. The SMILES string of the molecule is COc1cc([C@@H]2c3cc4c(cc3[C@@](O)(C(O)C3C5CCCC3CCC5)[C@H]3COC(=O)[C@H]23)OCO4)cc(OC)c1OC. The molecule has 220 valence electrons. The van der Waals surface area contributed by atoms with Crippen LogP contribution in [-0.4, -0.2) is 57.0 Å². The minimum atomic E-state index is -1.71. The van der Waals surface area contributed by atoms with Crippen molar-refractivity contribution in [3.63, 3.8) is 0 Å². The summed E-state index contributed by atoms with van der Waals surface area (Å²) in [5.41, 5.74) is 0.307. The number of fused-ring (bicyclic) bond motifs is 5. The molecule has 3 fully saturated rings. The van der Waals surface area contributed by atoms with Crippen LogP contribution in [0.25, 0.3) is 0 Å². The Hall–Kier alpha value is -3.17. The first-order valence-electron chi connectivity index (χ1n) is 14.7. The second-order valence-corrected chi connectivity index (χ2v) is 12.2. The maximum Gasteiger partial charge on any atom is 0.310 e. The van der Waals surface area contributed by atoms with Crippen LogP contribution in [-0.2, 0) is 15.1 Å². The number of benzene rings is 2. The van der Waals surface area contributed by atoms with Gasteiger partial charge in [-0.1, -0.05) is 38.5 Å². The lowest BCUT2D eigenvalue weighted by molar-refractivity contribution is -0.183. The fourth-order valence-corrected chi connectivity index (χ4v) is 8.84. The number of ether oxygens (including phenoxy) is 6. The van der Waals surface area contributed by atoms with E-state index in [1.54, 1.807) is 21.3 Å². The van der Waals surface area contributed by atoms with E-state index in [-0.39, 0.29) is 19.3 Å². The highest BCUT2D eigenvalue weighted by atomic mass is 16.7. The average molecular weight is 567 g/mol. The fourth-order valence-electron chi connectivity index (χ4n) is 8.84. The zero-order valence-corrected chi connectivity index (χ0v) is 23.8. The summed E-state index contributed by atoms with van der Waals surface area (Å²) < 4.78 is 34.1. The highest BCUT2D eigenvalue weighted by Gasteiger charge is 2.64. The number of aliphatic hydroxyl groups excluding tert-OH is 1. The molecule has 5 atom stereocenters. The van der Waals surface area contributed by atoms with Gasteiger partial charge in [0.15, 0.2) is 23.0 Å². The molecule has 0 spiro atoms. The van der Waals surface area contributed by atoms with Crippen molar-refractivity contribution in [2.45, 2.75) is 56.1 Å². The summed E-state index contributed by atoms with van der Waals surface area (Å²) in [4.78, 5) is 13.6. The van der Waals surface area contributed by atoms with E-state index in [4.69, 9.17) is 28.4 Å². The Morgan fingerprint density at radius 3 is 2.07 bits per heavy atom. The Kier molecular flexibility index (Phi) is 6.50. The van der Waals surface area contributed by atoms with E-state index in [0.717, 1.165) is 44.1 Å². The Balaban J connectivity index is 1.44. The second-order valence-electron chi connectivity index (χ2n) is 12.2. The van der Waals surface area contributed by atoms with E-state index in [1.807, 2.05) is 24.3 Å². The minimum Gasteiger partial charge on any atom is -0.493 e. The lowest BCUT2D eigenvalue weighted by Gasteiger charge is -2.53. The standard InChI is InChI=1S/C32H38O9/c1-36-24-10-18(11-25(37-2)29(24)38-3)27-19-12-22-23(41-15-40-22)13-20(19)32(35,21-14-39-31(34)28(21)27)30(33)26-16-6-4-7-17(26)9-5-8-16/h10-13,16-17,21,26-28,30,33,35H,4-9,14-15H2,1-3H3/t16?,17?,21-,26?,27+,28-,30?,32-/m0/s1. The Bertz CT molecular complexity index is 1310. The van der Waals surface area contributed by atoms with Crippen LogP contribution in [0.5, 0.6) is 28.7 Å². The van der Waals surface area contributed by atoms with Gasteiger partial charge in [-0.25, -0.2) is 0 Å². The topological polar surface area (TPSA) is 113 Å². The second kappa shape index (κ2) is 9.98. The molecule has 2 bridgehead atoms. The van der Waals surface area contributed by atoms with Crippen LogP contribution >= 0.6 is 0 Å². The highest BCUT2D eigenvalue weighted by Crippen LogP contribution is 2.61. The number of methoxy groups -OCH3 is 3. The summed E-state index contributed by atoms with van der Waals surface area (Å²) in [7, 11) is 4.65. The molecule has 2 heterocycles. The Labute approximate surface area is 239 Å². The molecule has 9 heteroatoms. The van der Waals surface area contributed by atoms with Crippen LogP contribution in [0.2, 0.25) is 0 Å². The van der Waals surface area contributed by atoms with Gasteiger partial charge < -0.3 is 38.6 Å². The smallest absolute Gasteiger partial charge is 0.310 e. The molecule has 0 amide bonds. The molecule has 3 aliphatic carbocycles. The minimum absolute atomic E-state index is 0.0217. The Morgan fingerprint density at radius 2 is 1.49 bits per heavy atom. The molecule has 41 heavy (non-hydrogen) atoms. The molecular formula is C32H38O9. The van der Waals surface area contributed by atoms with Gasteiger partial charge in [0.1, 0.15) is 5.60 Å². The molecular weight excluding hydrogens is 528 g/mol. The van der Waals surface area contributed by atoms with E-state index >= 15 is 0 Å². The first kappa shape index (κ1) is 26.7. The van der Waals surface area contributed by atoms with Crippen molar-refractivity contribution < 1.29 is 43.4 Å². The summed E-state index contributed by atoms with van der Waals surface area (Å²) in [6, 6.07) is 7.35. The molecule has 0 aromatic heterocycles. The van der Waals surface area contributed by atoms with Crippen molar-refractivity contribution in [3.05, 3.63) is 41.0 Å². The Morgan fingerprint density at radius 1 is 0.878 bits per heavy atom. The van der Waals surface area contributed by atoms with E-state index in [0.29, 0.717) is 51.7 Å². The first-order chi connectivity index (χ1) is 19.9. The van der Waals surface area contributed by atoms with Gasteiger partial charge in [-0.2, -0.15) is 0 Å². The van der Waals surface area contributed by atoms with Crippen molar-refractivity contribution in [3.8, 4) is 28.7 Å². The molecule has 1 saturated heterocycles. The third-order valence-electron chi connectivity index (χ3n) is 10.6.